The van der Waals surface area contributed by atoms with Crippen LogP contribution in [0.2, 0.25) is 0 Å². The molecule has 0 aromatic carbocycles. The van der Waals surface area contributed by atoms with Crippen LogP contribution < -0.4 is 0 Å². The minimum Gasteiger partial charge on any atom is -0.338 e. The highest BCUT2D eigenvalue weighted by molar-refractivity contribution is 7.99. The summed E-state index contributed by atoms with van der Waals surface area (Å²) in [5.74, 6) is 1.17. The molecule has 0 aliphatic rings. The van der Waals surface area contributed by atoms with Crippen LogP contribution >= 0.6 is 11.8 Å². The summed E-state index contributed by atoms with van der Waals surface area (Å²) in [5, 5.41) is 0.317. The zero-order valence-electron chi connectivity index (χ0n) is 15.6. The highest BCUT2D eigenvalue weighted by atomic mass is 32.2. The smallest absolute Gasteiger partial charge is 0.224 e. The molecule has 22 heavy (non-hydrogen) atoms. The third-order valence-corrected chi connectivity index (χ3v) is 4.36. The zero-order chi connectivity index (χ0) is 17.3. The molecule has 0 N–H and O–H groups in total. The van der Waals surface area contributed by atoms with Crippen molar-refractivity contribution in [1.82, 2.24) is 14.7 Å². The summed E-state index contributed by atoms with van der Waals surface area (Å²) >= 11 is 1.85. The van der Waals surface area contributed by atoms with E-state index in [0.717, 1.165) is 19.0 Å². The summed E-state index contributed by atoms with van der Waals surface area (Å²) in [6.07, 6.45) is 2.40. The molecule has 0 bridgehead atoms. The lowest BCUT2D eigenvalue weighted by atomic mass is 9.96. The Bertz CT molecular complexity index is 337. The van der Waals surface area contributed by atoms with E-state index in [4.69, 9.17) is 0 Å². The first-order valence-corrected chi connectivity index (χ1v) is 8.89. The standard InChI is InChI=1S/C17H35N3OS/c1-9-10-20(13-17(2,3)4)16(21)11-15(12-18(5)6)22-14-19(7)8/h9,15H,1,10-14H2,2-8H3. The van der Waals surface area contributed by atoms with Gasteiger partial charge in [0.15, 0.2) is 0 Å². The van der Waals surface area contributed by atoms with E-state index in [1.807, 2.05) is 22.7 Å². The van der Waals surface area contributed by atoms with Gasteiger partial charge in [0.2, 0.25) is 5.91 Å². The highest BCUT2D eigenvalue weighted by Gasteiger charge is 2.23. The quantitative estimate of drug-likeness (QED) is 0.455. The molecule has 0 saturated carbocycles. The van der Waals surface area contributed by atoms with Crippen LogP contribution in [-0.4, -0.2) is 79.6 Å². The first-order chi connectivity index (χ1) is 10.0. The summed E-state index contributed by atoms with van der Waals surface area (Å²) < 4.78 is 0. The lowest BCUT2D eigenvalue weighted by Gasteiger charge is -2.31. The van der Waals surface area contributed by atoms with E-state index >= 15 is 0 Å². The van der Waals surface area contributed by atoms with Gasteiger partial charge in [0.05, 0.1) is 0 Å². The Labute approximate surface area is 141 Å². The maximum absolute atomic E-state index is 12.7. The van der Waals surface area contributed by atoms with Crippen LogP contribution in [0.4, 0.5) is 0 Å². The Balaban J connectivity index is 4.74. The SMILES string of the molecule is C=CCN(CC(C)(C)C)C(=O)CC(CN(C)C)SCN(C)C. The van der Waals surface area contributed by atoms with Gasteiger partial charge in [-0.25, -0.2) is 0 Å². The molecule has 4 nitrogen and oxygen atoms in total. The summed E-state index contributed by atoms with van der Waals surface area (Å²) in [6, 6.07) is 0. The van der Waals surface area contributed by atoms with Crippen LogP contribution in [0.1, 0.15) is 27.2 Å². The second kappa shape index (κ2) is 10.3. The van der Waals surface area contributed by atoms with Gasteiger partial charge in [0, 0.05) is 37.2 Å². The molecule has 0 aliphatic heterocycles. The minimum atomic E-state index is 0.104. The molecule has 0 aromatic heterocycles. The van der Waals surface area contributed by atoms with Gasteiger partial charge in [-0.2, -0.15) is 0 Å². The molecule has 0 heterocycles. The zero-order valence-corrected chi connectivity index (χ0v) is 16.4. The van der Waals surface area contributed by atoms with Crippen molar-refractivity contribution in [3.63, 3.8) is 0 Å². The number of carbonyl (C=O) groups is 1. The van der Waals surface area contributed by atoms with E-state index in [2.05, 4.69) is 65.3 Å². The Hall–Kier alpha value is -0.520. The maximum atomic E-state index is 12.7. The second-order valence-corrected chi connectivity index (χ2v) is 8.85. The predicted molar refractivity (Wildman–Crippen MR) is 99.3 cm³/mol. The van der Waals surface area contributed by atoms with Crippen molar-refractivity contribution in [3.8, 4) is 0 Å². The van der Waals surface area contributed by atoms with Gasteiger partial charge < -0.3 is 14.7 Å². The normalized spacial score (nSPS) is 13.5. The number of thioether (sulfide) groups is 1. The molecule has 0 aromatic rings. The average molecular weight is 330 g/mol. The van der Waals surface area contributed by atoms with Crippen molar-refractivity contribution in [3.05, 3.63) is 12.7 Å². The number of hydrogen-bond acceptors (Lipinski definition) is 4. The fraction of sp³-hybridized carbons (Fsp3) is 0.824. The highest BCUT2D eigenvalue weighted by Crippen LogP contribution is 2.20. The van der Waals surface area contributed by atoms with Crippen molar-refractivity contribution in [1.29, 1.82) is 0 Å². The number of rotatable bonds is 10. The molecule has 0 fully saturated rings. The van der Waals surface area contributed by atoms with Gasteiger partial charge in [-0.05, 0) is 33.6 Å². The molecule has 1 unspecified atom stereocenters. The Morgan fingerprint density at radius 2 is 1.77 bits per heavy atom. The van der Waals surface area contributed by atoms with E-state index in [0.29, 0.717) is 18.2 Å². The fourth-order valence-electron chi connectivity index (χ4n) is 2.14. The van der Waals surface area contributed by atoms with Gasteiger partial charge in [0.1, 0.15) is 0 Å². The number of amides is 1. The molecule has 0 rings (SSSR count). The van der Waals surface area contributed by atoms with Gasteiger partial charge in [-0.15, -0.1) is 18.3 Å². The summed E-state index contributed by atoms with van der Waals surface area (Å²) in [5.41, 5.74) is 0.104. The predicted octanol–water partition coefficient (Wildman–Crippen LogP) is 2.62. The molecular formula is C17H35N3OS. The van der Waals surface area contributed by atoms with Gasteiger partial charge in [0.25, 0.3) is 0 Å². The molecule has 0 radical (unpaired) electrons. The molecule has 0 spiro atoms. The molecule has 130 valence electrons. The minimum absolute atomic E-state index is 0.104. The summed E-state index contributed by atoms with van der Waals surface area (Å²) in [7, 11) is 8.24. The monoisotopic (exact) mass is 329 g/mol. The number of hydrogen-bond donors (Lipinski definition) is 0. The van der Waals surface area contributed by atoms with Crippen LogP contribution in [0.3, 0.4) is 0 Å². The fourth-order valence-corrected chi connectivity index (χ4v) is 3.32. The largest absolute Gasteiger partial charge is 0.338 e. The summed E-state index contributed by atoms with van der Waals surface area (Å²) in [4.78, 5) is 18.9. The lowest BCUT2D eigenvalue weighted by Crippen LogP contribution is -2.40. The van der Waals surface area contributed by atoms with E-state index in [9.17, 15) is 4.79 Å². The van der Waals surface area contributed by atoms with Crippen LogP contribution in [0.5, 0.6) is 0 Å². The Morgan fingerprint density at radius 1 is 1.18 bits per heavy atom. The summed E-state index contributed by atoms with van der Waals surface area (Å²) in [6.45, 7) is 12.6. The molecular weight excluding hydrogens is 294 g/mol. The van der Waals surface area contributed by atoms with E-state index in [1.165, 1.54) is 0 Å². The number of carbonyl (C=O) groups excluding carboxylic acids is 1. The average Bonchev–Trinajstić information content (AvgIpc) is 2.33. The Kier molecular flexibility index (Phi) is 10.0. The van der Waals surface area contributed by atoms with Crippen molar-refractivity contribution in [2.45, 2.75) is 32.4 Å². The topological polar surface area (TPSA) is 26.8 Å². The third kappa shape index (κ3) is 11.1. The first kappa shape index (κ1) is 21.5. The van der Waals surface area contributed by atoms with Crippen LogP contribution in [0, 0.1) is 5.41 Å². The van der Waals surface area contributed by atoms with Gasteiger partial charge in [-0.1, -0.05) is 26.8 Å². The van der Waals surface area contributed by atoms with Crippen LogP contribution in [-0.2, 0) is 4.79 Å². The van der Waals surface area contributed by atoms with Crippen molar-refractivity contribution in [2.24, 2.45) is 5.41 Å². The van der Waals surface area contributed by atoms with Crippen LogP contribution in [0.25, 0.3) is 0 Å². The van der Waals surface area contributed by atoms with E-state index < -0.39 is 0 Å². The molecule has 0 aliphatic carbocycles. The van der Waals surface area contributed by atoms with E-state index in [1.54, 1.807) is 0 Å². The first-order valence-electron chi connectivity index (χ1n) is 7.85. The second-order valence-electron chi connectivity index (χ2n) is 7.59. The number of nitrogens with zero attached hydrogens (tertiary/aromatic N) is 3. The van der Waals surface area contributed by atoms with Crippen molar-refractivity contribution in [2.75, 3.05) is 53.7 Å². The Morgan fingerprint density at radius 3 is 2.18 bits per heavy atom. The lowest BCUT2D eigenvalue weighted by molar-refractivity contribution is -0.131. The maximum Gasteiger partial charge on any atom is 0.224 e. The third-order valence-electron chi connectivity index (χ3n) is 2.91. The molecule has 0 saturated heterocycles. The molecule has 5 heteroatoms. The van der Waals surface area contributed by atoms with Gasteiger partial charge >= 0.3 is 0 Å². The van der Waals surface area contributed by atoms with Crippen molar-refractivity contribution >= 4 is 17.7 Å². The van der Waals surface area contributed by atoms with Gasteiger partial charge in [-0.3, -0.25) is 4.79 Å². The van der Waals surface area contributed by atoms with Crippen LogP contribution in [0.15, 0.2) is 12.7 Å². The molecule has 1 amide bonds. The van der Waals surface area contributed by atoms with Crippen molar-refractivity contribution < 1.29 is 4.79 Å². The molecule has 1 atom stereocenters. The van der Waals surface area contributed by atoms with E-state index in [-0.39, 0.29) is 11.3 Å².